The van der Waals surface area contributed by atoms with Crippen molar-refractivity contribution in [3.63, 3.8) is 0 Å². The maximum atomic E-state index is 8.67. The monoisotopic (exact) mass is 209 g/mol. The van der Waals surface area contributed by atoms with Crippen LogP contribution in [0.25, 0.3) is 0 Å². The van der Waals surface area contributed by atoms with Crippen LogP contribution in [0.5, 0.6) is 0 Å². The Kier molecular flexibility index (Phi) is 3.61. The highest BCUT2D eigenvalue weighted by Gasteiger charge is 2.42. The predicted octanol–water partition coefficient (Wildman–Crippen LogP) is 2.12. The first-order valence-electron chi connectivity index (χ1n) is 5.87. The standard InChI is InChI=1S/C12H19NO2/c13-6-5-12(3-4-12)10-15-9-11-1-7-14-8-2-11/h11H,1-5,7-10H2. The number of hydrogen-bond donors (Lipinski definition) is 0. The molecule has 1 aliphatic carbocycles. The molecular formula is C12H19NO2. The predicted molar refractivity (Wildman–Crippen MR) is 56.3 cm³/mol. The molecular weight excluding hydrogens is 190 g/mol. The molecule has 1 heterocycles. The third-order valence-electron chi connectivity index (χ3n) is 3.51. The van der Waals surface area contributed by atoms with E-state index in [0.29, 0.717) is 12.3 Å². The Balaban J connectivity index is 1.60. The lowest BCUT2D eigenvalue weighted by atomic mass is 10.0. The van der Waals surface area contributed by atoms with Gasteiger partial charge >= 0.3 is 0 Å². The van der Waals surface area contributed by atoms with Gasteiger partial charge in [0.2, 0.25) is 0 Å². The normalized spacial score (nSPS) is 24.7. The van der Waals surface area contributed by atoms with E-state index < -0.39 is 0 Å². The number of rotatable bonds is 5. The summed E-state index contributed by atoms with van der Waals surface area (Å²) in [6.45, 7) is 3.42. The summed E-state index contributed by atoms with van der Waals surface area (Å²) in [7, 11) is 0. The van der Waals surface area contributed by atoms with Gasteiger partial charge in [-0.25, -0.2) is 0 Å². The van der Waals surface area contributed by atoms with Crippen molar-refractivity contribution in [1.82, 2.24) is 0 Å². The van der Waals surface area contributed by atoms with Crippen LogP contribution in [0, 0.1) is 22.7 Å². The number of nitriles is 1. The lowest BCUT2D eigenvalue weighted by molar-refractivity contribution is 0.00872. The van der Waals surface area contributed by atoms with Gasteiger partial charge in [0.25, 0.3) is 0 Å². The van der Waals surface area contributed by atoms with Gasteiger partial charge in [0.15, 0.2) is 0 Å². The lowest BCUT2D eigenvalue weighted by Gasteiger charge is -2.22. The summed E-state index contributed by atoms with van der Waals surface area (Å²) >= 11 is 0. The minimum Gasteiger partial charge on any atom is -0.381 e. The Morgan fingerprint density at radius 2 is 2.07 bits per heavy atom. The van der Waals surface area contributed by atoms with Crippen molar-refractivity contribution < 1.29 is 9.47 Å². The van der Waals surface area contributed by atoms with Gasteiger partial charge in [0.1, 0.15) is 0 Å². The SMILES string of the molecule is N#CCC1(COCC2CCOCC2)CC1. The molecule has 3 nitrogen and oxygen atoms in total. The third-order valence-corrected chi connectivity index (χ3v) is 3.51. The van der Waals surface area contributed by atoms with Crippen LogP contribution in [0.1, 0.15) is 32.1 Å². The van der Waals surface area contributed by atoms with Gasteiger partial charge in [-0.05, 0) is 31.6 Å². The van der Waals surface area contributed by atoms with E-state index in [1.54, 1.807) is 0 Å². The first-order chi connectivity index (χ1) is 7.35. The zero-order valence-corrected chi connectivity index (χ0v) is 9.21. The molecule has 0 N–H and O–H groups in total. The summed E-state index contributed by atoms with van der Waals surface area (Å²) < 4.78 is 11.0. The second-order valence-corrected chi connectivity index (χ2v) is 4.91. The summed E-state index contributed by atoms with van der Waals surface area (Å²) in [4.78, 5) is 0. The minimum absolute atomic E-state index is 0.236. The fourth-order valence-corrected chi connectivity index (χ4v) is 2.07. The Bertz CT molecular complexity index is 236. The number of ether oxygens (including phenoxy) is 2. The fraction of sp³-hybridized carbons (Fsp3) is 0.917. The molecule has 2 aliphatic rings. The zero-order chi connectivity index (χ0) is 10.6. The Hall–Kier alpha value is -0.590. The topological polar surface area (TPSA) is 42.2 Å². The molecule has 84 valence electrons. The van der Waals surface area contributed by atoms with E-state index in [0.717, 1.165) is 39.3 Å². The quantitative estimate of drug-likeness (QED) is 0.696. The van der Waals surface area contributed by atoms with Crippen molar-refractivity contribution in [3.8, 4) is 6.07 Å². The molecule has 0 radical (unpaired) electrons. The van der Waals surface area contributed by atoms with Gasteiger partial charge in [-0.15, -0.1) is 0 Å². The average molecular weight is 209 g/mol. The van der Waals surface area contributed by atoms with Crippen LogP contribution < -0.4 is 0 Å². The van der Waals surface area contributed by atoms with E-state index in [1.807, 2.05) is 0 Å². The van der Waals surface area contributed by atoms with E-state index >= 15 is 0 Å². The van der Waals surface area contributed by atoms with Crippen molar-refractivity contribution in [2.45, 2.75) is 32.1 Å². The van der Waals surface area contributed by atoms with Crippen molar-refractivity contribution >= 4 is 0 Å². The molecule has 3 heteroatoms. The third kappa shape index (κ3) is 3.19. The van der Waals surface area contributed by atoms with Crippen molar-refractivity contribution in [1.29, 1.82) is 5.26 Å². The van der Waals surface area contributed by atoms with E-state index in [4.69, 9.17) is 14.7 Å². The molecule has 0 unspecified atom stereocenters. The summed E-state index contributed by atoms with van der Waals surface area (Å²) in [5.41, 5.74) is 0.236. The average Bonchev–Trinajstić information content (AvgIpc) is 3.00. The highest BCUT2D eigenvalue weighted by Crippen LogP contribution is 2.48. The Labute approximate surface area is 91.4 Å². The lowest BCUT2D eigenvalue weighted by Crippen LogP contribution is -2.22. The fourth-order valence-electron chi connectivity index (χ4n) is 2.07. The molecule has 1 aliphatic heterocycles. The molecule has 0 spiro atoms. The molecule has 15 heavy (non-hydrogen) atoms. The highest BCUT2D eigenvalue weighted by atomic mass is 16.5. The zero-order valence-electron chi connectivity index (χ0n) is 9.21. The molecule has 2 rings (SSSR count). The van der Waals surface area contributed by atoms with E-state index in [2.05, 4.69) is 6.07 Å². The Morgan fingerprint density at radius 3 is 2.67 bits per heavy atom. The van der Waals surface area contributed by atoms with Gasteiger partial charge in [-0.2, -0.15) is 5.26 Å². The van der Waals surface area contributed by atoms with Crippen LogP contribution in [-0.2, 0) is 9.47 Å². The maximum Gasteiger partial charge on any atom is 0.0628 e. The van der Waals surface area contributed by atoms with Crippen molar-refractivity contribution in [3.05, 3.63) is 0 Å². The molecule has 0 amide bonds. The van der Waals surface area contributed by atoms with Gasteiger partial charge in [0.05, 0.1) is 12.7 Å². The summed E-state index contributed by atoms with van der Waals surface area (Å²) in [5.74, 6) is 0.677. The molecule has 0 aromatic heterocycles. The summed E-state index contributed by atoms with van der Waals surface area (Å²) in [5, 5.41) is 8.67. The molecule has 0 atom stereocenters. The van der Waals surface area contributed by atoms with Gasteiger partial charge < -0.3 is 9.47 Å². The molecule has 1 saturated carbocycles. The van der Waals surface area contributed by atoms with Crippen molar-refractivity contribution in [2.75, 3.05) is 26.4 Å². The van der Waals surface area contributed by atoms with E-state index in [-0.39, 0.29) is 5.41 Å². The van der Waals surface area contributed by atoms with Crippen LogP contribution in [0.4, 0.5) is 0 Å². The maximum absolute atomic E-state index is 8.67. The number of hydrogen-bond acceptors (Lipinski definition) is 3. The summed E-state index contributed by atoms with van der Waals surface area (Å²) in [6, 6.07) is 2.26. The molecule has 0 aromatic rings. The first-order valence-corrected chi connectivity index (χ1v) is 5.87. The summed E-state index contributed by atoms with van der Waals surface area (Å²) in [6.07, 6.45) is 5.28. The molecule has 0 aromatic carbocycles. The smallest absolute Gasteiger partial charge is 0.0628 e. The van der Waals surface area contributed by atoms with Crippen molar-refractivity contribution in [2.24, 2.45) is 11.3 Å². The Morgan fingerprint density at radius 1 is 1.33 bits per heavy atom. The van der Waals surface area contributed by atoms with Crippen LogP contribution >= 0.6 is 0 Å². The van der Waals surface area contributed by atoms with Gasteiger partial charge in [-0.1, -0.05) is 0 Å². The van der Waals surface area contributed by atoms with Gasteiger partial charge in [0, 0.05) is 31.7 Å². The van der Waals surface area contributed by atoms with E-state index in [9.17, 15) is 0 Å². The second-order valence-electron chi connectivity index (χ2n) is 4.91. The second kappa shape index (κ2) is 4.96. The molecule has 1 saturated heterocycles. The van der Waals surface area contributed by atoms with Crippen LogP contribution in [-0.4, -0.2) is 26.4 Å². The number of nitrogens with zero attached hydrogens (tertiary/aromatic N) is 1. The van der Waals surface area contributed by atoms with Crippen LogP contribution in [0.15, 0.2) is 0 Å². The van der Waals surface area contributed by atoms with E-state index in [1.165, 1.54) is 12.8 Å². The largest absolute Gasteiger partial charge is 0.381 e. The van der Waals surface area contributed by atoms with Gasteiger partial charge in [-0.3, -0.25) is 0 Å². The van der Waals surface area contributed by atoms with Crippen LogP contribution in [0.3, 0.4) is 0 Å². The molecule has 2 fully saturated rings. The first kappa shape index (κ1) is 10.9. The minimum atomic E-state index is 0.236. The molecule has 0 bridgehead atoms. The highest BCUT2D eigenvalue weighted by molar-refractivity contribution is 4.99. The van der Waals surface area contributed by atoms with Crippen LogP contribution in [0.2, 0.25) is 0 Å².